The Labute approximate surface area is 166 Å². The summed E-state index contributed by atoms with van der Waals surface area (Å²) in [6.07, 6.45) is 4.71. The lowest BCUT2D eigenvalue weighted by atomic mass is 10.1. The zero-order valence-electron chi connectivity index (χ0n) is 15.2. The number of nitrogens with zero attached hydrogens (tertiary/aromatic N) is 3. The number of hydrogen-bond acceptors (Lipinski definition) is 7. The topological polar surface area (TPSA) is 100 Å². The predicted molar refractivity (Wildman–Crippen MR) is 104 cm³/mol. The van der Waals surface area contributed by atoms with Crippen LogP contribution in [-0.2, 0) is 14.9 Å². The molecule has 0 spiro atoms. The number of carbonyl (C=O) groups is 1. The maximum atomic E-state index is 13.0. The van der Waals surface area contributed by atoms with Gasteiger partial charge in [0.1, 0.15) is 10.6 Å². The molecule has 9 heteroatoms. The van der Waals surface area contributed by atoms with Crippen LogP contribution in [0.2, 0.25) is 0 Å². The first-order chi connectivity index (χ1) is 14.0. The number of carbonyl (C=O) groups excluding carboxylic acids is 1. The molecule has 146 valence electrons. The van der Waals surface area contributed by atoms with E-state index in [0.29, 0.717) is 16.5 Å². The lowest BCUT2D eigenvalue weighted by Crippen LogP contribution is -2.12. The summed E-state index contributed by atoms with van der Waals surface area (Å²) < 4.78 is 37.6. The van der Waals surface area contributed by atoms with Crippen LogP contribution in [0.1, 0.15) is 10.5 Å². The van der Waals surface area contributed by atoms with Crippen molar-refractivity contribution in [2.24, 2.45) is 0 Å². The van der Waals surface area contributed by atoms with Crippen molar-refractivity contribution in [1.82, 2.24) is 14.8 Å². The Bertz CT molecular complexity index is 1300. The Morgan fingerprint density at radius 1 is 1.00 bits per heavy atom. The highest BCUT2D eigenvalue weighted by atomic mass is 32.2. The minimum Gasteiger partial charge on any atom is -0.464 e. The smallest absolute Gasteiger partial charge is 0.357 e. The van der Waals surface area contributed by atoms with E-state index in [0.717, 1.165) is 0 Å². The fourth-order valence-corrected chi connectivity index (χ4v) is 4.07. The number of aromatic nitrogens is 3. The fourth-order valence-electron chi connectivity index (χ4n) is 2.93. The van der Waals surface area contributed by atoms with E-state index < -0.39 is 16.1 Å². The molecular weight excluding hydrogens is 394 g/mol. The molecule has 0 unspecified atom stereocenters. The van der Waals surface area contributed by atoms with Gasteiger partial charge >= 0.3 is 16.1 Å². The largest absolute Gasteiger partial charge is 0.464 e. The molecule has 4 rings (SSSR count). The highest BCUT2D eigenvalue weighted by Gasteiger charge is 2.22. The third kappa shape index (κ3) is 3.55. The predicted octanol–water partition coefficient (Wildman–Crippen LogP) is 2.97. The number of methoxy groups -OCH3 is 1. The van der Waals surface area contributed by atoms with Crippen molar-refractivity contribution >= 4 is 26.9 Å². The van der Waals surface area contributed by atoms with E-state index in [9.17, 15) is 13.2 Å². The summed E-state index contributed by atoms with van der Waals surface area (Å²) in [5, 5.41) is 4.79. The standard InChI is InChI=1S/C20H15N3O5S/c1-27-20(24)19-17-7-3-8-18(16(17)9-11-21-19)29(25,26)28-15-6-2-5-14(13-15)23-12-4-10-22-23/h2-13H,1H3. The Balaban J connectivity index is 1.76. The number of pyridine rings is 1. The van der Waals surface area contributed by atoms with Crippen molar-refractivity contribution in [1.29, 1.82) is 0 Å². The number of ether oxygens (including phenoxy) is 1. The molecule has 0 aliphatic carbocycles. The second-order valence-corrected chi connectivity index (χ2v) is 7.50. The summed E-state index contributed by atoms with van der Waals surface area (Å²) in [5.74, 6) is -0.518. The number of esters is 1. The van der Waals surface area contributed by atoms with Gasteiger partial charge in [-0.1, -0.05) is 18.2 Å². The summed E-state index contributed by atoms with van der Waals surface area (Å²) in [7, 11) is -2.95. The van der Waals surface area contributed by atoms with E-state index in [4.69, 9.17) is 8.92 Å². The van der Waals surface area contributed by atoms with Gasteiger partial charge in [0, 0.05) is 35.4 Å². The van der Waals surface area contributed by atoms with Crippen LogP contribution in [0.25, 0.3) is 16.5 Å². The second-order valence-electron chi connectivity index (χ2n) is 5.99. The molecular formula is C20H15N3O5S. The highest BCUT2D eigenvalue weighted by Crippen LogP contribution is 2.28. The van der Waals surface area contributed by atoms with Crippen LogP contribution >= 0.6 is 0 Å². The summed E-state index contributed by atoms with van der Waals surface area (Å²) in [6, 6.07) is 14.4. The Morgan fingerprint density at radius 2 is 1.83 bits per heavy atom. The van der Waals surface area contributed by atoms with E-state index in [1.807, 2.05) is 0 Å². The maximum absolute atomic E-state index is 13.0. The summed E-state index contributed by atoms with van der Waals surface area (Å²) in [4.78, 5) is 15.9. The van der Waals surface area contributed by atoms with Crippen molar-refractivity contribution in [3.63, 3.8) is 0 Å². The van der Waals surface area contributed by atoms with E-state index >= 15 is 0 Å². The number of fused-ring (bicyclic) bond motifs is 1. The van der Waals surface area contributed by atoms with Gasteiger partial charge in [0.2, 0.25) is 0 Å². The first-order valence-electron chi connectivity index (χ1n) is 8.50. The van der Waals surface area contributed by atoms with Gasteiger partial charge < -0.3 is 8.92 Å². The van der Waals surface area contributed by atoms with Gasteiger partial charge in [0.05, 0.1) is 12.8 Å². The van der Waals surface area contributed by atoms with Crippen LogP contribution in [0.15, 0.2) is 78.1 Å². The van der Waals surface area contributed by atoms with Crippen LogP contribution < -0.4 is 4.18 Å². The Hall–Kier alpha value is -3.72. The molecule has 2 aromatic carbocycles. The lowest BCUT2D eigenvalue weighted by Gasteiger charge is -2.11. The van der Waals surface area contributed by atoms with Crippen molar-refractivity contribution in [3.05, 3.63) is 78.9 Å². The number of benzene rings is 2. The van der Waals surface area contributed by atoms with E-state index in [1.165, 1.54) is 37.6 Å². The van der Waals surface area contributed by atoms with Gasteiger partial charge in [0.25, 0.3) is 0 Å². The van der Waals surface area contributed by atoms with Crippen molar-refractivity contribution < 1.29 is 22.1 Å². The zero-order valence-corrected chi connectivity index (χ0v) is 16.0. The van der Waals surface area contributed by atoms with E-state index in [2.05, 4.69) is 10.1 Å². The third-order valence-electron chi connectivity index (χ3n) is 4.21. The molecule has 29 heavy (non-hydrogen) atoms. The summed E-state index contributed by atoms with van der Waals surface area (Å²) in [6.45, 7) is 0. The second kappa shape index (κ2) is 7.36. The minimum absolute atomic E-state index is 0.0303. The minimum atomic E-state index is -4.18. The highest BCUT2D eigenvalue weighted by molar-refractivity contribution is 7.87. The van der Waals surface area contributed by atoms with Gasteiger partial charge in [-0.05, 0) is 30.3 Å². The van der Waals surface area contributed by atoms with Gasteiger partial charge in [-0.25, -0.2) is 14.5 Å². The molecule has 0 aliphatic heterocycles. The zero-order chi connectivity index (χ0) is 20.4. The van der Waals surface area contributed by atoms with Crippen LogP contribution in [0, 0.1) is 0 Å². The molecule has 4 aromatic rings. The normalized spacial score (nSPS) is 11.3. The van der Waals surface area contributed by atoms with Gasteiger partial charge in [-0.15, -0.1) is 0 Å². The van der Waals surface area contributed by atoms with Crippen LogP contribution in [0.5, 0.6) is 5.75 Å². The van der Waals surface area contributed by atoms with Crippen molar-refractivity contribution in [3.8, 4) is 11.4 Å². The summed E-state index contributed by atoms with van der Waals surface area (Å²) >= 11 is 0. The molecule has 0 saturated heterocycles. The quantitative estimate of drug-likeness (QED) is 0.369. The molecule has 0 atom stereocenters. The monoisotopic (exact) mass is 409 g/mol. The Kier molecular flexibility index (Phi) is 4.73. The van der Waals surface area contributed by atoms with Gasteiger partial charge in [0.15, 0.2) is 5.69 Å². The first-order valence-corrected chi connectivity index (χ1v) is 9.91. The average molecular weight is 409 g/mol. The van der Waals surface area contributed by atoms with Crippen molar-refractivity contribution in [2.75, 3.05) is 7.11 Å². The fraction of sp³-hybridized carbons (Fsp3) is 0.0500. The lowest BCUT2D eigenvalue weighted by molar-refractivity contribution is 0.0596. The molecule has 0 N–H and O–H groups in total. The third-order valence-corrected chi connectivity index (χ3v) is 5.51. The summed E-state index contributed by atoms with van der Waals surface area (Å²) in [5.41, 5.74) is 0.681. The molecule has 0 aliphatic rings. The Morgan fingerprint density at radius 3 is 2.59 bits per heavy atom. The average Bonchev–Trinajstić information content (AvgIpc) is 3.27. The van der Waals surface area contributed by atoms with Crippen molar-refractivity contribution in [2.45, 2.75) is 4.90 Å². The SMILES string of the molecule is COC(=O)c1nccc2c(S(=O)(=O)Oc3cccc(-n4cccn4)c3)cccc12. The van der Waals surface area contributed by atoms with Crippen LogP contribution in [-0.4, -0.2) is 36.3 Å². The molecule has 2 heterocycles. The molecule has 0 fully saturated rings. The molecule has 0 amide bonds. The number of rotatable bonds is 5. The molecule has 0 saturated carbocycles. The van der Waals surface area contributed by atoms with Crippen LogP contribution in [0.3, 0.4) is 0 Å². The van der Waals surface area contributed by atoms with E-state index in [1.54, 1.807) is 47.4 Å². The molecule has 0 radical (unpaired) electrons. The molecule has 8 nitrogen and oxygen atoms in total. The number of hydrogen-bond donors (Lipinski definition) is 0. The molecule has 0 bridgehead atoms. The van der Waals surface area contributed by atoms with E-state index in [-0.39, 0.29) is 16.3 Å². The first kappa shape index (κ1) is 18.6. The van der Waals surface area contributed by atoms with Gasteiger partial charge in [-0.2, -0.15) is 13.5 Å². The molecule has 2 aromatic heterocycles. The van der Waals surface area contributed by atoms with Gasteiger partial charge in [-0.3, -0.25) is 0 Å². The maximum Gasteiger partial charge on any atom is 0.357 e. The van der Waals surface area contributed by atoms with Crippen LogP contribution in [0.4, 0.5) is 0 Å².